The molecule has 1 aliphatic rings. The van der Waals surface area contributed by atoms with Gasteiger partial charge in [-0.3, -0.25) is 9.59 Å². The molecule has 36 heavy (non-hydrogen) atoms. The maximum atomic E-state index is 12.9. The van der Waals surface area contributed by atoms with Crippen LogP contribution in [0.4, 0.5) is 13.2 Å². The quantitative estimate of drug-likeness (QED) is 0.294. The summed E-state index contributed by atoms with van der Waals surface area (Å²) in [4.78, 5) is 23.5. The lowest BCUT2D eigenvalue weighted by molar-refractivity contribution is -0.274. The Bertz CT molecular complexity index is 1030. The van der Waals surface area contributed by atoms with Crippen LogP contribution in [0.5, 0.6) is 5.75 Å². The second-order valence-electron chi connectivity index (χ2n) is 10.6. The summed E-state index contributed by atoms with van der Waals surface area (Å²) in [6, 6.07) is 4.38. The van der Waals surface area contributed by atoms with Crippen LogP contribution in [0, 0.1) is 23.3 Å². The number of carbonyl (C=O) groups excluding carboxylic acids is 2. The number of benzene rings is 1. The largest absolute Gasteiger partial charge is 0.573 e. The van der Waals surface area contributed by atoms with Crippen LogP contribution in [-0.4, -0.2) is 26.3 Å². The van der Waals surface area contributed by atoms with Crippen molar-refractivity contribution < 1.29 is 27.5 Å². The Labute approximate surface area is 217 Å². The van der Waals surface area contributed by atoms with Crippen molar-refractivity contribution >= 4 is 31.5 Å². The van der Waals surface area contributed by atoms with Gasteiger partial charge in [-0.2, -0.15) is 0 Å². The third-order valence-electron chi connectivity index (χ3n) is 7.87. The summed E-state index contributed by atoms with van der Waals surface area (Å²) in [6.07, 6.45) is -1.21. The first kappa shape index (κ1) is 30.0. The Kier molecular flexibility index (Phi) is 9.57. The maximum absolute atomic E-state index is 12.9. The molecule has 2 rings (SSSR count). The van der Waals surface area contributed by atoms with Crippen LogP contribution in [0.1, 0.15) is 72.3 Å². The lowest BCUT2D eigenvalue weighted by atomic mass is 9.82. The first-order chi connectivity index (χ1) is 16.5. The Hall–Kier alpha value is -2.18. The molecule has 1 saturated carbocycles. The minimum Gasteiger partial charge on any atom is -0.404 e. The molecule has 3 atom stereocenters. The van der Waals surface area contributed by atoms with Crippen molar-refractivity contribution in [1.82, 2.24) is 0 Å². The van der Waals surface area contributed by atoms with E-state index >= 15 is 0 Å². The summed E-state index contributed by atoms with van der Waals surface area (Å²) >= 11 is 6.31. The molecule has 200 valence electrons. The molecule has 1 fully saturated rings. The number of amides is 2. The van der Waals surface area contributed by atoms with Crippen LogP contribution < -0.4 is 16.2 Å². The molecule has 0 spiro atoms. The van der Waals surface area contributed by atoms with Crippen molar-refractivity contribution in [3.63, 3.8) is 0 Å². The third-order valence-corrected chi connectivity index (χ3v) is 14.7. The minimum atomic E-state index is -4.87. The van der Waals surface area contributed by atoms with Crippen molar-refractivity contribution in [2.45, 2.75) is 89.2 Å². The van der Waals surface area contributed by atoms with E-state index in [4.69, 9.17) is 23.1 Å². The lowest BCUT2D eigenvalue weighted by Gasteiger charge is -2.51. The fraction of sp³-hybridized carbons (Fsp3) is 0.615. The van der Waals surface area contributed by atoms with Gasteiger partial charge in [0.05, 0.1) is 5.02 Å². The fourth-order valence-corrected chi connectivity index (χ4v) is 13.1. The number of carbonyl (C=O) groups is 2. The SMILES string of the molecule is CC(C)[Si](C#CC(N)=O)(C(C)C)C(C)(CC1CCCC1CC(N)=O)c1ccc(OC(F)(F)F)c(Cl)c1. The van der Waals surface area contributed by atoms with Crippen LogP contribution in [-0.2, 0) is 14.6 Å². The molecule has 0 saturated heterocycles. The number of halogens is 4. The van der Waals surface area contributed by atoms with Gasteiger partial charge in [0, 0.05) is 11.5 Å². The molecule has 0 bridgehead atoms. The Morgan fingerprint density at radius 2 is 1.72 bits per heavy atom. The van der Waals surface area contributed by atoms with Gasteiger partial charge in [-0.25, -0.2) is 0 Å². The standard InChI is InChI=1S/C26H36ClF3N2O3Si/c1-16(2)36(17(3)4,12-11-23(31)33)25(5,15-19-8-6-7-18(19)13-24(32)34)20-9-10-22(21(27)14-20)35-26(28,29)30/h9-10,14,16-19H,6-8,13,15H2,1-5H3,(H2,31,33)(H2,32,34). The molecule has 4 N–H and O–H groups in total. The van der Waals surface area contributed by atoms with E-state index in [1.54, 1.807) is 6.07 Å². The number of ether oxygens (including phenoxy) is 1. The van der Waals surface area contributed by atoms with Crippen LogP contribution >= 0.6 is 11.6 Å². The van der Waals surface area contributed by atoms with Gasteiger partial charge in [-0.15, -0.1) is 18.7 Å². The highest BCUT2D eigenvalue weighted by Gasteiger charge is 2.56. The number of rotatable bonds is 9. The normalized spacial score (nSPS) is 20.1. The zero-order valence-corrected chi connectivity index (χ0v) is 23.2. The molecule has 5 nitrogen and oxygen atoms in total. The smallest absolute Gasteiger partial charge is 0.404 e. The van der Waals surface area contributed by atoms with E-state index in [1.807, 2.05) is 0 Å². The summed E-state index contributed by atoms with van der Waals surface area (Å²) in [7, 11) is -2.83. The van der Waals surface area contributed by atoms with Crippen molar-refractivity contribution in [1.29, 1.82) is 0 Å². The molecular formula is C26H36ClF3N2O3Si. The predicted octanol–water partition coefficient (Wildman–Crippen LogP) is 6.01. The van der Waals surface area contributed by atoms with Crippen LogP contribution in [0.15, 0.2) is 18.2 Å². The van der Waals surface area contributed by atoms with E-state index in [0.717, 1.165) is 24.8 Å². The Balaban J connectivity index is 2.77. The fourth-order valence-electron chi connectivity index (χ4n) is 6.54. The van der Waals surface area contributed by atoms with Crippen LogP contribution in [0.25, 0.3) is 0 Å². The molecule has 2 amide bonds. The molecule has 10 heteroatoms. The monoisotopic (exact) mass is 544 g/mol. The summed E-state index contributed by atoms with van der Waals surface area (Å²) in [5.74, 6) is 1.33. The van der Waals surface area contributed by atoms with Crippen molar-refractivity contribution in [3.05, 3.63) is 28.8 Å². The maximum Gasteiger partial charge on any atom is 0.573 e. The van der Waals surface area contributed by atoms with Gasteiger partial charge in [0.25, 0.3) is 5.91 Å². The molecule has 1 aromatic carbocycles. The molecular weight excluding hydrogens is 509 g/mol. The molecule has 0 aliphatic heterocycles. The summed E-state index contributed by atoms with van der Waals surface area (Å²) < 4.78 is 42.7. The number of nitrogens with two attached hydrogens (primary N) is 2. The second kappa shape index (κ2) is 11.5. The van der Waals surface area contributed by atoms with Crippen LogP contribution in [0.3, 0.4) is 0 Å². The van der Waals surface area contributed by atoms with Gasteiger partial charge in [0.2, 0.25) is 5.91 Å². The van der Waals surface area contributed by atoms with Crippen molar-refractivity contribution in [2.24, 2.45) is 23.3 Å². The first-order valence-corrected chi connectivity index (χ1v) is 14.7. The number of alkyl halides is 3. The van der Waals surface area contributed by atoms with Gasteiger partial charge in [-0.1, -0.05) is 65.1 Å². The van der Waals surface area contributed by atoms with E-state index in [9.17, 15) is 22.8 Å². The van der Waals surface area contributed by atoms with Gasteiger partial charge in [-0.05, 0) is 59.4 Å². The molecule has 1 aromatic rings. The van der Waals surface area contributed by atoms with E-state index in [1.165, 1.54) is 12.1 Å². The molecule has 0 aromatic heterocycles. The van der Waals surface area contributed by atoms with Gasteiger partial charge in [0.1, 0.15) is 5.75 Å². The van der Waals surface area contributed by atoms with Crippen LogP contribution in [0.2, 0.25) is 16.1 Å². The van der Waals surface area contributed by atoms with E-state index in [0.29, 0.717) is 6.42 Å². The molecule has 3 unspecified atom stereocenters. The molecule has 1 aliphatic carbocycles. The highest BCUT2D eigenvalue weighted by molar-refractivity contribution is 6.92. The van der Waals surface area contributed by atoms with E-state index < -0.39 is 31.1 Å². The number of hydrogen-bond donors (Lipinski definition) is 2. The molecule has 0 heterocycles. The van der Waals surface area contributed by atoms with E-state index in [2.05, 4.69) is 50.8 Å². The zero-order chi connectivity index (χ0) is 27.5. The zero-order valence-electron chi connectivity index (χ0n) is 21.5. The average Bonchev–Trinajstić information content (AvgIpc) is 3.13. The lowest BCUT2D eigenvalue weighted by Crippen LogP contribution is -2.59. The third kappa shape index (κ3) is 6.57. The highest BCUT2D eigenvalue weighted by atomic mass is 35.5. The first-order valence-electron chi connectivity index (χ1n) is 12.2. The summed E-state index contributed by atoms with van der Waals surface area (Å²) in [5.41, 5.74) is 15.2. The van der Waals surface area contributed by atoms with Crippen molar-refractivity contribution in [3.8, 4) is 17.2 Å². The van der Waals surface area contributed by atoms with Gasteiger partial charge < -0.3 is 16.2 Å². The Morgan fingerprint density at radius 3 is 2.19 bits per heavy atom. The van der Waals surface area contributed by atoms with E-state index in [-0.39, 0.29) is 40.3 Å². The Morgan fingerprint density at radius 1 is 1.14 bits per heavy atom. The number of primary amides is 2. The molecule has 0 radical (unpaired) electrons. The predicted molar refractivity (Wildman–Crippen MR) is 138 cm³/mol. The average molecular weight is 545 g/mol. The highest BCUT2D eigenvalue weighted by Crippen LogP contribution is 2.54. The number of hydrogen-bond acceptors (Lipinski definition) is 3. The van der Waals surface area contributed by atoms with Gasteiger partial charge in [0.15, 0.2) is 8.07 Å². The topological polar surface area (TPSA) is 95.4 Å². The summed E-state index contributed by atoms with van der Waals surface area (Å²) in [5, 5.41) is -0.794. The van der Waals surface area contributed by atoms with Crippen molar-refractivity contribution in [2.75, 3.05) is 0 Å². The second-order valence-corrected chi connectivity index (χ2v) is 16.5. The minimum absolute atomic E-state index is 0.0650. The van der Waals surface area contributed by atoms with Gasteiger partial charge >= 0.3 is 6.36 Å². The summed E-state index contributed by atoms with van der Waals surface area (Å²) in [6.45, 7) is 10.3.